The number of hydrogen-bond acceptors (Lipinski definition) is 6. The monoisotopic (exact) mass is 188 g/mol. The Labute approximate surface area is 74.6 Å². The highest BCUT2D eigenvalue weighted by Gasteiger charge is 2.32. The molecule has 0 spiro atoms. The number of nitrogens with zero attached hydrogens (tertiary/aromatic N) is 2. The summed E-state index contributed by atoms with van der Waals surface area (Å²) >= 11 is 0. The van der Waals surface area contributed by atoms with Crippen LogP contribution in [0.5, 0.6) is 0 Å². The van der Waals surface area contributed by atoms with E-state index in [1.54, 1.807) is 0 Å². The molecule has 74 valence electrons. The Morgan fingerprint density at radius 1 is 1.77 bits per heavy atom. The molecule has 0 aromatic carbocycles. The fraction of sp³-hybridized carbons (Fsp3) is 0.667. The molecule has 7 nitrogen and oxygen atoms in total. The average molecular weight is 188 g/mol. The molecule has 1 rings (SSSR count). The van der Waals surface area contributed by atoms with Crippen LogP contribution in [0.15, 0.2) is 4.99 Å². The van der Waals surface area contributed by atoms with Crippen LogP contribution in [0, 0.1) is 0 Å². The van der Waals surface area contributed by atoms with Gasteiger partial charge in [0.1, 0.15) is 6.04 Å². The van der Waals surface area contributed by atoms with Crippen molar-refractivity contribution in [1.82, 2.24) is 5.06 Å². The van der Waals surface area contributed by atoms with E-state index in [-0.39, 0.29) is 5.96 Å². The molecule has 0 aliphatic carbocycles. The summed E-state index contributed by atoms with van der Waals surface area (Å²) in [6.45, 7) is 0.383. The van der Waals surface area contributed by atoms with Crippen molar-refractivity contribution in [3.8, 4) is 0 Å². The molecule has 1 aliphatic heterocycles. The van der Waals surface area contributed by atoms with Crippen LogP contribution < -0.4 is 11.5 Å². The highest BCUT2D eigenvalue weighted by molar-refractivity contribution is 5.80. The van der Waals surface area contributed by atoms with Gasteiger partial charge in [0.25, 0.3) is 0 Å². The fourth-order valence-electron chi connectivity index (χ4n) is 1.17. The van der Waals surface area contributed by atoms with Crippen LogP contribution in [-0.2, 0) is 4.79 Å². The smallest absolute Gasteiger partial charge is 0.322 e. The molecule has 13 heavy (non-hydrogen) atoms. The van der Waals surface area contributed by atoms with Crippen LogP contribution in [0.2, 0.25) is 0 Å². The molecule has 7 heteroatoms. The minimum Gasteiger partial charge on any atom is -0.480 e. The van der Waals surface area contributed by atoms with Crippen molar-refractivity contribution in [3.05, 3.63) is 0 Å². The highest BCUT2D eigenvalue weighted by Crippen LogP contribution is 2.10. The van der Waals surface area contributed by atoms with E-state index in [1.807, 2.05) is 0 Å². The zero-order valence-electron chi connectivity index (χ0n) is 6.92. The number of carboxylic acid groups (broad SMARTS) is 1. The van der Waals surface area contributed by atoms with Crippen LogP contribution in [0.25, 0.3) is 0 Å². The minimum atomic E-state index is -1.17. The SMILES string of the molecule is NC1=NCCC(C(N)C(=O)O)N1O. The van der Waals surface area contributed by atoms with Gasteiger partial charge in [-0.15, -0.1) is 0 Å². The minimum absolute atomic E-state index is 0.0899. The number of aliphatic imine (C=N–C) groups is 1. The largest absolute Gasteiger partial charge is 0.480 e. The second kappa shape index (κ2) is 3.58. The number of hydroxylamine groups is 2. The lowest BCUT2D eigenvalue weighted by Gasteiger charge is -2.31. The van der Waals surface area contributed by atoms with Gasteiger partial charge in [0.2, 0.25) is 5.96 Å². The van der Waals surface area contributed by atoms with Crippen molar-refractivity contribution in [2.45, 2.75) is 18.5 Å². The Hall–Kier alpha value is -1.34. The Morgan fingerprint density at radius 2 is 2.38 bits per heavy atom. The van der Waals surface area contributed by atoms with E-state index in [1.165, 1.54) is 0 Å². The third kappa shape index (κ3) is 1.87. The quantitative estimate of drug-likeness (QED) is 0.404. The molecular formula is C6H12N4O3. The summed E-state index contributed by atoms with van der Waals surface area (Å²) in [4.78, 5) is 14.2. The molecule has 2 atom stereocenters. The maximum absolute atomic E-state index is 10.5. The molecule has 0 aromatic rings. The molecule has 2 unspecified atom stereocenters. The number of carboxylic acids is 1. The van der Waals surface area contributed by atoms with E-state index in [2.05, 4.69) is 4.99 Å². The first-order valence-corrected chi connectivity index (χ1v) is 3.80. The summed E-state index contributed by atoms with van der Waals surface area (Å²) in [5, 5.41) is 18.5. The molecule has 1 aliphatic rings. The summed E-state index contributed by atoms with van der Waals surface area (Å²) in [5.74, 6) is -1.26. The van der Waals surface area contributed by atoms with Gasteiger partial charge in [-0.2, -0.15) is 0 Å². The summed E-state index contributed by atoms with van der Waals surface area (Å²) in [7, 11) is 0. The van der Waals surface area contributed by atoms with Crippen molar-refractivity contribution in [2.24, 2.45) is 16.5 Å². The van der Waals surface area contributed by atoms with Gasteiger partial charge in [0.15, 0.2) is 0 Å². The lowest BCUT2D eigenvalue weighted by molar-refractivity contribution is -0.145. The first kappa shape index (κ1) is 9.75. The zero-order valence-corrected chi connectivity index (χ0v) is 6.92. The van der Waals surface area contributed by atoms with Crippen LogP contribution in [-0.4, -0.2) is 45.9 Å². The molecule has 0 saturated heterocycles. The van der Waals surface area contributed by atoms with Gasteiger partial charge >= 0.3 is 5.97 Å². The van der Waals surface area contributed by atoms with Gasteiger partial charge in [-0.3, -0.25) is 15.0 Å². The van der Waals surface area contributed by atoms with Crippen LogP contribution in [0.3, 0.4) is 0 Å². The lowest BCUT2D eigenvalue weighted by atomic mass is 10.0. The number of hydrogen-bond donors (Lipinski definition) is 4. The van der Waals surface area contributed by atoms with Crippen molar-refractivity contribution >= 4 is 11.9 Å². The number of carbonyl (C=O) groups is 1. The highest BCUT2D eigenvalue weighted by atomic mass is 16.5. The van der Waals surface area contributed by atoms with E-state index in [4.69, 9.17) is 16.6 Å². The topological polar surface area (TPSA) is 125 Å². The maximum Gasteiger partial charge on any atom is 0.322 e. The van der Waals surface area contributed by atoms with Gasteiger partial charge in [-0.05, 0) is 6.42 Å². The van der Waals surface area contributed by atoms with Gasteiger partial charge in [-0.25, -0.2) is 5.06 Å². The predicted molar refractivity (Wildman–Crippen MR) is 44.1 cm³/mol. The second-order valence-corrected chi connectivity index (χ2v) is 2.80. The molecule has 0 fully saturated rings. The first-order valence-electron chi connectivity index (χ1n) is 3.80. The normalized spacial score (nSPS) is 25.2. The van der Waals surface area contributed by atoms with Crippen molar-refractivity contribution in [3.63, 3.8) is 0 Å². The first-order chi connectivity index (χ1) is 6.04. The molecule has 6 N–H and O–H groups in total. The maximum atomic E-state index is 10.5. The average Bonchev–Trinajstić information content (AvgIpc) is 2.08. The van der Waals surface area contributed by atoms with Crippen LogP contribution >= 0.6 is 0 Å². The number of guanidine groups is 1. The number of nitrogens with two attached hydrogens (primary N) is 2. The van der Waals surface area contributed by atoms with E-state index in [0.29, 0.717) is 18.0 Å². The van der Waals surface area contributed by atoms with Crippen LogP contribution in [0.1, 0.15) is 6.42 Å². The van der Waals surface area contributed by atoms with E-state index >= 15 is 0 Å². The molecule has 0 amide bonds. The molecule has 0 bridgehead atoms. The third-order valence-corrected chi connectivity index (χ3v) is 1.95. The van der Waals surface area contributed by atoms with Crippen LogP contribution in [0.4, 0.5) is 0 Å². The summed E-state index contributed by atoms with van der Waals surface area (Å²) in [6.07, 6.45) is 0.380. The Balaban J connectivity index is 2.71. The van der Waals surface area contributed by atoms with E-state index in [0.717, 1.165) is 0 Å². The molecular weight excluding hydrogens is 176 g/mol. The standard InChI is InChI=1S/C6H12N4O3/c7-4(5(11)12)3-1-2-9-6(8)10(3)13/h3-4,13H,1-2,7H2,(H2,8,9)(H,11,12). The van der Waals surface area contributed by atoms with E-state index in [9.17, 15) is 10.0 Å². The fourth-order valence-corrected chi connectivity index (χ4v) is 1.17. The predicted octanol–water partition coefficient (Wildman–Crippen LogP) is -1.82. The number of rotatable bonds is 2. The Kier molecular flexibility index (Phi) is 2.69. The van der Waals surface area contributed by atoms with Crippen molar-refractivity contribution in [2.75, 3.05) is 6.54 Å². The van der Waals surface area contributed by atoms with Gasteiger partial charge in [0, 0.05) is 6.54 Å². The lowest BCUT2D eigenvalue weighted by Crippen LogP contribution is -2.56. The molecule has 1 heterocycles. The van der Waals surface area contributed by atoms with Gasteiger partial charge < -0.3 is 16.6 Å². The van der Waals surface area contributed by atoms with Gasteiger partial charge in [0.05, 0.1) is 6.04 Å². The summed E-state index contributed by atoms with van der Waals surface area (Å²) in [6, 6.07) is -1.85. The summed E-state index contributed by atoms with van der Waals surface area (Å²) < 4.78 is 0. The molecule has 0 radical (unpaired) electrons. The zero-order chi connectivity index (χ0) is 10.0. The van der Waals surface area contributed by atoms with Crippen molar-refractivity contribution < 1.29 is 15.1 Å². The summed E-state index contributed by atoms with van der Waals surface area (Å²) in [5.41, 5.74) is 10.6. The Morgan fingerprint density at radius 3 is 2.92 bits per heavy atom. The Bertz CT molecular complexity index is 242. The second-order valence-electron chi connectivity index (χ2n) is 2.80. The van der Waals surface area contributed by atoms with Crippen molar-refractivity contribution in [1.29, 1.82) is 0 Å². The van der Waals surface area contributed by atoms with E-state index < -0.39 is 18.1 Å². The molecule has 0 saturated carbocycles. The molecule has 0 aromatic heterocycles. The number of aliphatic carboxylic acids is 1. The van der Waals surface area contributed by atoms with Gasteiger partial charge in [-0.1, -0.05) is 0 Å². The third-order valence-electron chi connectivity index (χ3n) is 1.95.